The summed E-state index contributed by atoms with van der Waals surface area (Å²) >= 11 is 0. The molecule has 96 valence electrons. The summed E-state index contributed by atoms with van der Waals surface area (Å²) < 4.78 is 0. The third-order valence-electron chi connectivity index (χ3n) is 3.25. The molecule has 0 bridgehead atoms. The van der Waals surface area contributed by atoms with Gasteiger partial charge in [-0.05, 0) is 12.5 Å². The second kappa shape index (κ2) is 4.31. The van der Waals surface area contributed by atoms with Crippen LogP contribution >= 0.6 is 0 Å². The third kappa shape index (κ3) is 1.64. The standard InChI is InChI=1S/C13H12N4O2/c1-2-10(11-15-5-6-16-11)17-12(18)8-3-4-14-7-9(8)13(17)19/h3-7,10H,2H2,1H3,(H,15,16). The Morgan fingerprint density at radius 3 is 2.68 bits per heavy atom. The Kier molecular flexibility index (Phi) is 2.63. The minimum Gasteiger partial charge on any atom is -0.347 e. The van der Waals surface area contributed by atoms with E-state index >= 15 is 0 Å². The summed E-state index contributed by atoms with van der Waals surface area (Å²) in [5.41, 5.74) is 0.766. The van der Waals surface area contributed by atoms with Crippen LogP contribution in [0.2, 0.25) is 0 Å². The van der Waals surface area contributed by atoms with Crippen molar-refractivity contribution in [3.05, 3.63) is 47.8 Å². The lowest BCUT2D eigenvalue weighted by Crippen LogP contribution is -2.34. The average molecular weight is 256 g/mol. The monoisotopic (exact) mass is 256 g/mol. The van der Waals surface area contributed by atoms with E-state index in [9.17, 15) is 9.59 Å². The third-order valence-corrected chi connectivity index (χ3v) is 3.25. The number of hydrogen-bond donors (Lipinski definition) is 1. The first-order valence-corrected chi connectivity index (χ1v) is 6.05. The van der Waals surface area contributed by atoms with Gasteiger partial charge in [0.2, 0.25) is 0 Å². The highest BCUT2D eigenvalue weighted by molar-refractivity contribution is 6.21. The summed E-state index contributed by atoms with van der Waals surface area (Å²) in [5, 5.41) is 0. The minimum atomic E-state index is -0.373. The highest BCUT2D eigenvalue weighted by Gasteiger charge is 2.40. The lowest BCUT2D eigenvalue weighted by atomic mass is 10.2. The Morgan fingerprint density at radius 2 is 2.05 bits per heavy atom. The van der Waals surface area contributed by atoms with E-state index in [0.717, 1.165) is 0 Å². The van der Waals surface area contributed by atoms with E-state index in [0.29, 0.717) is 23.4 Å². The Balaban J connectivity index is 2.04. The number of imidazole rings is 1. The zero-order valence-electron chi connectivity index (χ0n) is 10.3. The Morgan fingerprint density at radius 1 is 1.26 bits per heavy atom. The molecule has 1 aliphatic rings. The van der Waals surface area contributed by atoms with Crippen LogP contribution in [0.15, 0.2) is 30.9 Å². The predicted molar refractivity (Wildman–Crippen MR) is 66.4 cm³/mol. The lowest BCUT2D eigenvalue weighted by molar-refractivity contribution is 0.0571. The molecule has 1 unspecified atom stereocenters. The van der Waals surface area contributed by atoms with Crippen molar-refractivity contribution in [2.75, 3.05) is 0 Å². The molecular weight excluding hydrogens is 244 g/mol. The summed E-state index contributed by atoms with van der Waals surface area (Å²) in [6, 6.07) is 1.20. The molecule has 19 heavy (non-hydrogen) atoms. The molecule has 2 aromatic heterocycles. The van der Waals surface area contributed by atoms with E-state index in [1.54, 1.807) is 18.5 Å². The molecule has 0 saturated heterocycles. The van der Waals surface area contributed by atoms with Crippen molar-refractivity contribution in [2.24, 2.45) is 0 Å². The normalized spacial score (nSPS) is 15.7. The van der Waals surface area contributed by atoms with E-state index < -0.39 is 0 Å². The number of aromatic amines is 1. The maximum atomic E-state index is 12.3. The van der Waals surface area contributed by atoms with Gasteiger partial charge in [0.25, 0.3) is 11.8 Å². The van der Waals surface area contributed by atoms with E-state index in [4.69, 9.17) is 0 Å². The van der Waals surface area contributed by atoms with Gasteiger partial charge in [0, 0.05) is 24.8 Å². The molecule has 0 aromatic carbocycles. The van der Waals surface area contributed by atoms with Gasteiger partial charge in [-0.15, -0.1) is 0 Å². The van der Waals surface area contributed by atoms with Crippen molar-refractivity contribution in [1.82, 2.24) is 19.9 Å². The molecule has 0 spiro atoms. The van der Waals surface area contributed by atoms with Crippen molar-refractivity contribution < 1.29 is 9.59 Å². The molecule has 2 amide bonds. The molecule has 0 aliphatic carbocycles. The number of rotatable bonds is 3. The fourth-order valence-electron chi connectivity index (χ4n) is 2.34. The molecule has 2 aromatic rings. The van der Waals surface area contributed by atoms with Crippen LogP contribution < -0.4 is 0 Å². The second-order valence-corrected chi connectivity index (χ2v) is 4.30. The van der Waals surface area contributed by atoms with Crippen molar-refractivity contribution in [3.63, 3.8) is 0 Å². The van der Waals surface area contributed by atoms with E-state index in [2.05, 4.69) is 15.0 Å². The number of imide groups is 1. The van der Waals surface area contributed by atoms with Crippen LogP contribution in [0.1, 0.15) is 45.9 Å². The number of amides is 2. The molecule has 0 fully saturated rings. The Hall–Kier alpha value is -2.50. The Bertz CT molecular complexity index is 601. The zero-order valence-corrected chi connectivity index (χ0v) is 10.3. The van der Waals surface area contributed by atoms with E-state index in [1.165, 1.54) is 17.3 Å². The molecule has 3 heterocycles. The van der Waals surface area contributed by atoms with Gasteiger partial charge in [0.05, 0.1) is 17.2 Å². The molecule has 1 N–H and O–H groups in total. The van der Waals surface area contributed by atoms with Gasteiger partial charge in [-0.3, -0.25) is 19.5 Å². The van der Waals surface area contributed by atoms with Gasteiger partial charge >= 0.3 is 0 Å². The zero-order chi connectivity index (χ0) is 13.4. The summed E-state index contributed by atoms with van der Waals surface area (Å²) in [6.45, 7) is 1.91. The number of nitrogens with zero attached hydrogens (tertiary/aromatic N) is 3. The fraction of sp³-hybridized carbons (Fsp3) is 0.231. The van der Waals surface area contributed by atoms with Crippen LogP contribution in [-0.4, -0.2) is 31.7 Å². The van der Waals surface area contributed by atoms with Gasteiger partial charge in [-0.25, -0.2) is 4.98 Å². The molecule has 6 nitrogen and oxygen atoms in total. The number of fused-ring (bicyclic) bond motifs is 1. The van der Waals surface area contributed by atoms with Crippen LogP contribution in [-0.2, 0) is 0 Å². The van der Waals surface area contributed by atoms with Crippen LogP contribution in [0.5, 0.6) is 0 Å². The number of aromatic nitrogens is 3. The molecule has 0 radical (unpaired) electrons. The number of carbonyl (C=O) groups is 2. The fourth-order valence-corrected chi connectivity index (χ4v) is 2.34. The van der Waals surface area contributed by atoms with E-state index in [-0.39, 0.29) is 17.9 Å². The van der Waals surface area contributed by atoms with Gasteiger partial charge in [-0.1, -0.05) is 6.92 Å². The highest BCUT2D eigenvalue weighted by Crippen LogP contribution is 2.31. The molecular formula is C13H12N4O2. The predicted octanol–water partition coefficient (Wildman–Crippen LogP) is 1.55. The SMILES string of the molecule is CCC(c1ncc[nH]1)N1C(=O)c2ccncc2C1=O. The maximum absolute atomic E-state index is 12.3. The molecule has 1 atom stereocenters. The summed E-state index contributed by atoms with van der Waals surface area (Å²) in [5.74, 6) is 0.0203. The summed E-state index contributed by atoms with van der Waals surface area (Å²) in [4.78, 5) is 36.9. The quantitative estimate of drug-likeness (QED) is 0.845. The second-order valence-electron chi connectivity index (χ2n) is 4.30. The highest BCUT2D eigenvalue weighted by atomic mass is 16.2. The molecule has 6 heteroatoms. The Labute approximate surface area is 109 Å². The molecule has 1 aliphatic heterocycles. The first-order valence-electron chi connectivity index (χ1n) is 6.05. The van der Waals surface area contributed by atoms with Crippen LogP contribution in [0.25, 0.3) is 0 Å². The van der Waals surface area contributed by atoms with Gasteiger partial charge in [0.1, 0.15) is 5.82 Å². The van der Waals surface area contributed by atoms with E-state index in [1.807, 2.05) is 6.92 Å². The first kappa shape index (κ1) is 11.6. The van der Waals surface area contributed by atoms with Crippen LogP contribution in [0.4, 0.5) is 0 Å². The number of hydrogen-bond acceptors (Lipinski definition) is 4. The van der Waals surface area contributed by atoms with Crippen molar-refractivity contribution in [3.8, 4) is 0 Å². The van der Waals surface area contributed by atoms with Gasteiger partial charge < -0.3 is 4.98 Å². The number of carbonyl (C=O) groups excluding carboxylic acids is 2. The smallest absolute Gasteiger partial charge is 0.263 e. The van der Waals surface area contributed by atoms with Crippen LogP contribution in [0.3, 0.4) is 0 Å². The maximum Gasteiger partial charge on any atom is 0.263 e. The molecule has 3 rings (SSSR count). The topological polar surface area (TPSA) is 79.0 Å². The van der Waals surface area contributed by atoms with Gasteiger partial charge in [0.15, 0.2) is 0 Å². The largest absolute Gasteiger partial charge is 0.347 e. The first-order chi connectivity index (χ1) is 9.24. The number of pyridine rings is 1. The number of H-pyrrole nitrogens is 1. The average Bonchev–Trinajstić information content (AvgIpc) is 3.04. The van der Waals surface area contributed by atoms with Crippen molar-refractivity contribution in [2.45, 2.75) is 19.4 Å². The minimum absolute atomic E-state index is 0.286. The number of nitrogens with one attached hydrogen (secondary N) is 1. The van der Waals surface area contributed by atoms with Crippen molar-refractivity contribution in [1.29, 1.82) is 0 Å². The van der Waals surface area contributed by atoms with Crippen molar-refractivity contribution >= 4 is 11.8 Å². The molecule has 0 saturated carbocycles. The van der Waals surface area contributed by atoms with Crippen LogP contribution in [0, 0.1) is 0 Å². The lowest BCUT2D eigenvalue weighted by Gasteiger charge is -2.23. The summed E-state index contributed by atoms with van der Waals surface area (Å²) in [6.07, 6.45) is 6.84. The summed E-state index contributed by atoms with van der Waals surface area (Å²) in [7, 11) is 0. The van der Waals surface area contributed by atoms with Gasteiger partial charge in [-0.2, -0.15) is 0 Å².